The monoisotopic (exact) mass is 169 g/mol. The summed E-state index contributed by atoms with van der Waals surface area (Å²) in [6.45, 7) is 4.14. The zero-order chi connectivity index (χ0) is 8.97. The highest BCUT2D eigenvalue weighted by atomic mass is 15.2. The molecule has 0 saturated heterocycles. The van der Waals surface area contributed by atoms with E-state index in [1.165, 1.54) is 19.3 Å². The van der Waals surface area contributed by atoms with Crippen LogP contribution in [0.2, 0.25) is 0 Å². The molecular weight excluding hydrogens is 150 g/mol. The summed E-state index contributed by atoms with van der Waals surface area (Å²) in [5.74, 6) is 7.17. The Morgan fingerprint density at radius 3 is 2.58 bits per heavy atom. The molecule has 0 aromatic heterocycles. The van der Waals surface area contributed by atoms with Gasteiger partial charge in [-0.2, -0.15) is 0 Å². The Balaban J connectivity index is 2.33. The molecule has 0 unspecified atom stereocenters. The second-order valence-electron chi connectivity index (χ2n) is 3.81. The number of hydrogen-bond acceptors (Lipinski definition) is 2. The first-order valence-electron chi connectivity index (χ1n) is 4.75. The molecule has 3 nitrogen and oxygen atoms in total. The molecule has 0 aromatic carbocycles. The Hall–Kier alpha value is -0.570. The predicted molar refractivity (Wildman–Crippen MR) is 51.9 cm³/mol. The molecule has 1 saturated carbocycles. The van der Waals surface area contributed by atoms with Gasteiger partial charge in [-0.3, -0.25) is 4.99 Å². The van der Waals surface area contributed by atoms with Gasteiger partial charge in [-0.1, -0.05) is 19.3 Å². The van der Waals surface area contributed by atoms with Crippen molar-refractivity contribution in [3.8, 4) is 0 Å². The van der Waals surface area contributed by atoms with Crippen LogP contribution in [0.3, 0.4) is 0 Å². The number of hydrazine groups is 1. The molecular formula is C9H19N3. The highest BCUT2D eigenvalue weighted by Gasteiger charge is 2.19. The molecule has 3 N–H and O–H groups in total. The average Bonchev–Trinajstić information content (AvgIpc) is 1.93. The minimum atomic E-state index is 0.344. The maximum atomic E-state index is 5.37. The Kier molecular flexibility index (Phi) is 3.53. The zero-order valence-electron chi connectivity index (χ0n) is 8.01. The van der Waals surface area contributed by atoms with E-state index in [9.17, 15) is 0 Å². The number of nitrogens with two attached hydrogens (primary N) is 1. The van der Waals surface area contributed by atoms with Crippen molar-refractivity contribution in [2.75, 3.05) is 0 Å². The van der Waals surface area contributed by atoms with E-state index in [1.54, 1.807) is 0 Å². The summed E-state index contributed by atoms with van der Waals surface area (Å²) >= 11 is 0. The number of amidine groups is 1. The SMILES string of the molecule is CC(C)N=C(CC1CCC1)NN. The van der Waals surface area contributed by atoms with Crippen molar-refractivity contribution in [2.45, 2.75) is 45.6 Å². The molecule has 0 spiro atoms. The van der Waals surface area contributed by atoms with Gasteiger partial charge in [-0.15, -0.1) is 0 Å². The van der Waals surface area contributed by atoms with Gasteiger partial charge in [0, 0.05) is 12.5 Å². The van der Waals surface area contributed by atoms with Crippen LogP contribution < -0.4 is 11.3 Å². The van der Waals surface area contributed by atoms with Gasteiger partial charge in [0.2, 0.25) is 0 Å². The van der Waals surface area contributed by atoms with Crippen LogP contribution in [-0.4, -0.2) is 11.9 Å². The second-order valence-corrected chi connectivity index (χ2v) is 3.81. The molecule has 70 valence electrons. The Morgan fingerprint density at radius 2 is 2.25 bits per heavy atom. The Bertz CT molecular complexity index is 159. The van der Waals surface area contributed by atoms with Crippen LogP contribution in [0.4, 0.5) is 0 Å². The van der Waals surface area contributed by atoms with E-state index in [4.69, 9.17) is 5.84 Å². The number of nitrogens with zero attached hydrogens (tertiary/aromatic N) is 1. The fraction of sp³-hybridized carbons (Fsp3) is 0.889. The summed E-state index contributed by atoms with van der Waals surface area (Å²) in [6, 6.07) is 0.344. The van der Waals surface area contributed by atoms with E-state index in [2.05, 4.69) is 24.3 Å². The van der Waals surface area contributed by atoms with Crippen LogP contribution in [0, 0.1) is 5.92 Å². The molecule has 1 aliphatic carbocycles. The fourth-order valence-electron chi connectivity index (χ4n) is 1.43. The van der Waals surface area contributed by atoms with Gasteiger partial charge in [-0.25, -0.2) is 5.84 Å². The second kappa shape index (κ2) is 4.45. The number of hydrogen-bond donors (Lipinski definition) is 2. The van der Waals surface area contributed by atoms with Gasteiger partial charge >= 0.3 is 0 Å². The van der Waals surface area contributed by atoms with Crippen LogP contribution in [0.5, 0.6) is 0 Å². The van der Waals surface area contributed by atoms with Gasteiger partial charge in [0.05, 0.1) is 0 Å². The first kappa shape index (κ1) is 9.52. The molecule has 0 radical (unpaired) electrons. The maximum Gasteiger partial charge on any atom is 0.111 e. The molecule has 0 heterocycles. The minimum Gasteiger partial charge on any atom is -0.312 e. The summed E-state index contributed by atoms with van der Waals surface area (Å²) in [5, 5.41) is 0. The van der Waals surface area contributed by atoms with E-state index in [0.717, 1.165) is 18.2 Å². The molecule has 12 heavy (non-hydrogen) atoms. The Morgan fingerprint density at radius 1 is 1.58 bits per heavy atom. The summed E-state index contributed by atoms with van der Waals surface area (Å²) in [5.41, 5.74) is 2.68. The van der Waals surface area contributed by atoms with E-state index < -0.39 is 0 Å². The number of aliphatic imine (C=N–C) groups is 1. The topological polar surface area (TPSA) is 50.4 Å². The van der Waals surface area contributed by atoms with Crippen molar-refractivity contribution < 1.29 is 0 Å². The van der Waals surface area contributed by atoms with E-state index in [0.29, 0.717) is 6.04 Å². The maximum absolute atomic E-state index is 5.37. The first-order valence-corrected chi connectivity index (χ1v) is 4.75. The lowest BCUT2D eigenvalue weighted by Crippen LogP contribution is -2.34. The third-order valence-corrected chi connectivity index (χ3v) is 2.29. The van der Waals surface area contributed by atoms with Gasteiger partial charge in [0.15, 0.2) is 0 Å². The molecule has 1 aliphatic rings. The van der Waals surface area contributed by atoms with Crippen molar-refractivity contribution in [3.63, 3.8) is 0 Å². The van der Waals surface area contributed by atoms with Crippen molar-refractivity contribution in [2.24, 2.45) is 16.8 Å². The molecule has 1 fully saturated rings. The largest absolute Gasteiger partial charge is 0.312 e. The predicted octanol–water partition coefficient (Wildman–Crippen LogP) is 1.45. The molecule has 0 amide bonds. The third kappa shape index (κ3) is 2.81. The highest BCUT2D eigenvalue weighted by molar-refractivity contribution is 5.82. The first-order chi connectivity index (χ1) is 5.72. The minimum absolute atomic E-state index is 0.344. The molecule has 0 aromatic rings. The van der Waals surface area contributed by atoms with Gasteiger partial charge < -0.3 is 5.43 Å². The molecule has 0 bridgehead atoms. The lowest BCUT2D eigenvalue weighted by Gasteiger charge is -2.25. The van der Waals surface area contributed by atoms with Crippen LogP contribution in [0.15, 0.2) is 4.99 Å². The average molecular weight is 169 g/mol. The molecule has 0 aliphatic heterocycles. The van der Waals surface area contributed by atoms with E-state index >= 15 is 0 Å². The van der Waals surface area contributed by atoms with Gasteiger partial charge in [0.1, 0.15) is 5.84 Å². The fourth-order valence-corrected chi connectivity index (χ4v) is 1.43. The van der Waals surface area contributed by atoms with Crippen molar-refractivity contribution >= 4 is 5.84 Å². The summed E-state index contributed by atoms with van der Waals surface area (Å²) in [4.78, 5) is 4.40. The number of nitrogens with one attached hydrogen (secondary N) is 1. The summed E-state index contributed by atoms with van der Waals surface area (Å²) in [7, 11) is 0. The summed E-state index contributed by atoms with van der Waals surface area (Å²) in [6.07, 6.45) is 5.11. The van der Waals surface area contributed by atoms with Crippen molar-refractivity contribution in [1.29, 1.82) is 0 Å². The van der Waals surface area contributed by atoms with Crippen LogP contribution in [-0.2, 0) is 0 Å². The smallest absolute Gasteiger partial charge is 0.111 e. The lowest BCUT2D eigenvalue weighted by molar-refractivity contribution is 0.324. The molecule has 3 heteroatoms. The zero-order valence-corrected chi connectivity index (χ0v) is 8.01. The Labute approximate surface area is 74.4 Å². The molecule has 1 rings (SSSR count). The quantitative estimate of drug-likeness (QED) is 0.291. The molecule has 0 atom stereocenters. The standard InChI is InChI=1S/C9H19N3/c1-7(2)11-9(12-10)6-8-4-3-5-8/h7-8H,3-6,10H2,1-2H3,(H,11,12). The number of rotatable bonds is 3. The highest BCUT2D eigenvalue weighted by Crippen LogP contribution is 2.29. The van der Waals surface area contributed by atoms with Crippen LogP contribution in [0.25, 0.3) is 0 Å². The third-order valence-electron chi connectivity index (χ3n) is 2.29. The van der Waals surface area contributed by atoms with Gasteiger partial charge in [-0.05, 0) is 19.8 Å². The van der Waals surface area contributed by atoms with Crippen molar-refractivity contribution in [3.05, 3.63) is 0 Å². The van der Waals surface area contributed by atoms with E-state index in [1.807, 2.05) is 0 Å². The van der Waals surface area contributed by atoms with Crippen LogP contribution in [0.1, 0.15) is 39.5 Å². The van der Waals surface area contributed by atoms with Crippen LogP contribution >= 0.6 is 0 Å². The van der Waals surface area contributed by atoms with Crippen molar-refractivity contribution in [1.82, 2.24) is 5.43 Å². The summed E-state index contributed by atoms with van der Waals surface area (Å²) < 4.78 is 0. The van der Waals surface area contributed by atoms with E-state index in [-0.39, 0.29) is 0 Å². The van der Waals surface area contributed by atoms with Gasteiger partial charge in [0.25, 0.3) is 0 Å². The normalized spacial score (nSPS) is 19.5. The lowest BCUT2D eigenvalue weighted by atomic mass is 9.83.